The number of piperazine rings is 3. The van der Waals surface area contributed by atoms with Crippen molar-refractivity contribution in [1.29, 1.82) is 0 Å². The minimum absolute atomic E-state index is 0. The first kappa shape index (κ1) is 104. The summed E-state index contributed by atoms with van der Waals surface area (Å²) in [7, 11) is 0. The Hall–Kier alpha value is -14.2. The van der Waals surface area contributed by atoms with Crippen molar-refractivity contribution in [2.45, 2.75) is 135 Å². The largest absolute Gasteiger partial charge is 0.444 e. The van der Waals surface area contributed by atoms with Gasteiger partial charge in [0.15, 0.2) is 0 Å². The van der Waals surface area contributed by atoms with Crippen molar-refractivity contribution >= 4 is 58.6 Å². The highest BCUT2D eigenvalue weighted by atomic mass is 35.5. The van der Waals surface area contributed by atoms with Gasteiger partial charge >= 0.3 is 29.3 Å². The van der Waals surface area contributed by atoms with Crippen LogP contribution in [0.4, 0.5) is 9.59 Å². The number of aryl methyl sites for hydroxylation is 3. The van der Waals surface area contributed by atoms with Crippen LogP contribution in [0.25, 0.3) is 50.8 Å². The van der Waals surface area contributed by atoms with E-state index in [1.807, 2.05) is 261 Å². The van der Waals surface area contributed by atoms with E-state index in [4.69, 9.17) is 26.8 Å². The molecule has 712 valence electrons. The molecule has 0 saturated carbocycles. The van der Waals surface area contributed by atoms with Crippen LogP contribution < -0.4 is 38.8 Å². The lowest BCUT2D eigenvalue weighted by atomic mass is 10.1. The summed E-state index contributed by atoms with van der Waals surface area (Å²) in [5.41, 5.74) is 15.3. The molecule has 9 aromatic carbocycles. The Bertz CT molecular complexity index is 6180. The van der Waals surface area contributed by atoms with Gasteiger partial charge in [-0.05, 0) is 159 Å². The molecule has 0 unspecified atom stereocenters. The number of nitrogens with zero attached hydrogens (tertiary/aromatic N) is 11. The summed E-state index contributed by atoms with van der Waals surface area (Å²) in [6.07, 6.45) is 0.673. The van der Waals surface area contributed by atoms with Gasteiger partial charge in [0.1, 0.15) is 28.3 Å². The number of para-hydroxylation sites is 3. The number of rotatable bonds is 23. The van der Waals surface area contributed by atoms with Crippen molar-refractivity contribution < 1.29 is 47.8 Å². The Morgan fingerprint density at radius 2 is 0.600 bits per heavy atom. The Labute approximate surface area is 795 Å². The zero-order chi connectivity index (χ0) is 94.2. The summed E-state index contributed by atoms with van der Waals surface area (Å²) >= 11 is 5.16. The number of ether oxygens (including phenoxy) is 2. The van der Waals surface area contributed by atoms with Crippen LogP contribution in [-0.4, -0.2) is 208 Å². The van der Waals surface area contributed by atoms with Crippen molar-refractivity contribution in [2.24, 2.45) is 5.73 Å². The molecular formula is C106H128ClN15O13. The van der Waals surface area contributed by atoms with Crippen LogP contribution in [0.3, 0.4) is 0 Å². The van der Waals surface area contributed by atoms with Crippen molar-refractivity contribution in [3.8, 4) is 50.8 Å². The fraction of sp³-hybridized carbons (Fsp3) is 0.330. The van der Waals surface area contributed by atoms with Crippen LogP contribution in [0.5, 0.6) is 0 Å². The van der Waals surface area contributed by atoms with E-state index in [-0.39, 0.29) is 87.2 Å². The van der Waals surface area contributed by atoms with E-state index in [1.54, 1.807) is 103 Å². The summed E-state index contributed by atoms with van der Waals surface area (Å²) in [5.74, 6) is -1.06. The van der Waals surface area contributed by atoms with E-state index in [2.05, 4.69) is 16.0 Å². The van der Waals surface area contributed by atoms with Crippen LogP contribution in [0.2, 0.25) is 0 Å². The molecule has 6 heterocycles. The summed E-state index contributed by atoms with van der Waals surface area (Å²) in [6, 6.07) is 78.2. The molecule has 3 saturated heterocycles. The van der Waals surface area contributed by atoms with Gasteiger partial charge in [-0.1, -0.05) is 235 Å². The molecule has 3 fully saturated rings. The number of amides is 7. The van der Waals surface area contributed by atoms with Crippen LogP contribution in [0.15, 0.2) is 269 Å². The van der Waals surface area contributed by atoms with Gasteiger partial charge in [0.25, 0.3) is 34.8 Å². The molecule has 12 aromatic rings. The lowest BCUT2D eigenvalue weighted by Gasteiger charge is -2.35. The Kier molecular flexibility index (Phi) is 37.9. The third-order valence-electron chi connectivity index (χ3n) is 22.4. The van der Waals surface area contributed by atoms with Gasteiger partial charge in [-0.2, -0.15) is 0 Å². The predicted molar refractivity (Wildman–Crippen MR) is 534 cm³/mol. The Morgan fingerprint density at radius 3 is 0.867 bits per heavy atom. The maximum Gasteiger partial charge on any atom is 0.410 e. The second-order valence-corrected chi connectivity index (χ2v) is 34.5. The molecule has 0 atom stereocenters. The quantitative estimate of drug-likeness (QED) is 0.0342. The number of carbonyl (C=O) groups is 8. The van der Waals surface area contributed by atoms with E-state index >= 15 is 0 Å². The highest BCUT2D eigenvalue weighted by Crippen LogP contribution is 2.34. The number of imidazole rings is 3. The van der Waals surface area contributed by atoms with Gasteiger partial charge in [-0.15, -0.1) is 0 Å². The maximum atomic E-state index is 14.5. The number of benzene rings is 9. The third-order valence-corrected chi connectivity index (χ3v) is 22.6. The van der Waals surface area contributed by atoms with Crippen LogP contribution in [0.1, 0.15) is 162 Å². The molecule has 0 aliphatic carbocycles. The van der Waals surface area contributed by atoms with Gasteiger partial charge < -0.3 is 55.7 Å². The Morgan fingerprint density at radius 1 is 0.348 bits per heavy atom. The minimum Gasteiger partial charge on any atom is -0.444 e. The second kappa shape index (κ2) is 49.0. The molecule has 0 radical (unpaired) electrons. The van der Waals surface area contributed by atoms with Crippen LogP contribution in [0, 0.1) is 20.8 Å². The second-order valence-electron chi connectivity index (χ2n) is 34.2. The van der Waals surface area contributed by atoms with E-state index in [9.17, 15) is 52.7 Å². The van der Waals surface area contributed by atoms with E-state index in [1.165, 1.54) is 4.57 Å². The van der Waals surface area contributed by atoms with Gasteiger partial charge in [-0.25, -0.2) is 24.0 Å². The van der Waals surface area contributed by atoms with Crippen molar-refractivity contribution in [3.05, 3.63) is 337 Å². The number of nitrogens with one attached hydrogen (secondary N) is 3. The SMILES string of the molecule is C.C.C.Cc1ccccc1-n1c(-c2ccccc2)c(C(=O)N2CCN(C(=O)OC(C)(C)C)CC2)n(CCCN)c1=O.Cc1ccccc1-n1c(-c2ccccc2)c(C(=O)N2CCN(C(=O)OC(C)(C)C)CC2)n(CCCNC(=O)c2ccccc2)c1=O.Cc1ccccc1-n1c(-c2ccccc2)c(C(=O)N2CCNCC2)n(CCCNC(=O)c2ccccc2)c1=O.O=C(Cl)c1ccccc1. The lowest BCUT2D eigenvalue weighted by Crippen LogP contribution is -2.52. The molecule has 0 bridgehead atoms. The number of hydrogen-bond donors (Lipinski definition) is 4. The molecule has 28 nitrogen and oxygen atoms in total. The Balaban J connectivity index is 0.000000215. The summed E-state index contributed by atoms with van der Waals surface area (Å²) < 4.78 is 20.7. The van der Waals surface area contributed by atoms with Gasteiger partial charge in [-0.3, -0.25) is 56.2 Å². The molecular weight excluding hydrogens is 1730 g/mol. The van der Waals surface area contributed by atoms with E-state index in [0.717, 1.165) is 44.8 Å². The van der Waals surface area contributed by atoms with Crippen LogP contribution in [-0.2, 0) is 29.1 Å². The van der Waals surface area contributed by atoms with Gasteiger partial charge in [0.2, 0.25) is 0 Å². The number of nitrogens with two attached hydrogens (primary N) is 1. The third kappa shape index (κ3) is 26.4. The molecule has 7 amide bonds. The monoisotopic (exact) mass is 1850 g/mol. The first-order valence-corrected chi connectivity index (χ1v) is 45.0. The lowest BCUT2D eigenvalue weighted by molar-refractivity contribution is 0.0134. The topological polar surface area (TPSA) is 314 Å². The van der Waals surface area contributed by atoms with Crippen molar-refractivity contribution in [1.82, 2.24) is 67.9 Å². The molecule has 29 heteroatoms. The zero-order valence-electron chi connectivity index (χ0n) is 76.3. The highest BCUT2D eigenvalue weighted by Gasteiger charge is 2.38. The standard InChI is InChI=1S/C36H41N5O5.C31H33N5O3.C29H37N5O4.C7H5ClO.3CH4/c1-26-14-11-12-19-29(26)41-30(27-15-7-5-8-16-27)31(33(43)38-22-24-39(25-23-38)35(45)46-36(2,3)4)40(34(41)44)21-13-20-37-32(42)28-17-9-6-10-18-28;1-23-11-8-9-16-26(23)36-27(24-12-4-2-5-13-24)28(30(38)34-21-18-32-19-22-34)35(31(36)39)20-10-17-33-29(37)25-14-6-3-7-15-25;1-21-11-8-9-14-23(21)34-24(22-12-6-5-7-13-22)25(33(27(34)36)16-10-15-30)26(35)31-17-19-32(20-18-31)28(37)38-29(2,3)4;8-7(9)6-4-2-1-3-5-6;;;/h5-12,14-19H,13,20-25H2,1-4H3,(H,37,42);2-9,11-16,32H,10,17-22H2,1H3,(H,33,37);5-9,11-14H,10,15-20,30H2,1-4H3;1-5H;3*1H4. The number of carbonyl (C=O) groups excluding carboxylic acids is 8. The first-order valence-electron chi connectivity index (χ1n) is 44.6. The van der Waals surface area contributed by atoms with Crippen LogP contribution >= 0.6 is 11.6 Å². The van der Waals surface area contributed by atoms with Gasteiger partial charge in [0, 0.05) is 145 Å². The summed E-state index contributed by atoms with van der Waals surface area (Å²) in [6.45, 7) is 23.9. The van der Waals surface area contributed by atoms with Gasteiger partial charge in [0.05, 0.1) is 34.1 Å². The van der Waals surface area contributed by atoms with E-state index < -0.39 is 22.5 Å². The zero-order valence-corrected chi connectivity index (χ0v) is 77.0. The minimum atomic E-state index is -0.621. The number of halogens is 1. The van der Waals surface area contributed by atoms with Crippen molar-refractivity contribution in [3.63, 3.8) is 0 Å². The van der Waals surface area contributed by atoms with Crippen molar-refractivity contribution in [2.75, 3.05) is 98.2 Å². The first-order chi connectivity index (χ1) is 63.5. The summed E-state index contributed by atoms with van der Waals surface area (Å²) in [5, 5.41) is 8.73. The number of aromatic nitrogens is 6. The predicted octanol–water partition coefficient (Wildman–Crippen LogP) is 16.2. The number of hydrogen-bond acceptors (Lipinski definition) is 15. The summed E-state index contributed by atoms with van der Waals surface area (Å²) in [4.78, 5) is 154. The smallest absolute Gasteiger partial charge is 0.410 e. The average molecular weight is 1860 g/mol. The molecule has 0 spiro atoms. The fourth-order valence-electron chi connectivity index (χ4n) is 15.8. The molecule has 15 rings (SSSR count). The average Bonchev–Trinajstić information content (AvgIpc) is 1.60. The molecule has 3 aliphatic heterocycles. The maximum absolute atomic E-state index is 14.5. The van der Waals surface area contributed by atoms with E-state index in [0.29, 0.717) is 181 Å². The fourth-order valence-corrected chi connectivity index (χ4v) is 16.0. The molecule has 5 N–H and O–H groups in total. The molecule has 135 heavy (non-hydrogen) atoms. The molecule has 3 aromatic heterocycles. The molecule has 3 aliphatic rings. The highest BCUT2D eigenvalue weighted by molar-refractivity contribution is 6.67. The normalized spacial score (nSPS) is 13.0.